The van der Waals surface area contributed by atoms with Crippen LogP contribution in [0, 0.1) is 0 Å². The number of carbonyl (C=O) groups is 1. The van der Waals surface area contributed by atoms with Gasteiger partial charge < -0.3 is 9.88 Å². The lowest BCUT2D eigenvalue weighted by Crippen LogP contribution is -2.33. The van der Waals surface area contributed by atoms with Gasteiger partial charge in [-0.1, -0.05) is 30.0 Å². The van der Waals surface area contributed by atoms with Gasteiger partial charge in [-0.2, -0.15) is 0 Å². The third-order valence-electron chi connectivity index (χ3n) is 4.91. The van der Waals surface area contributed by atoms with E-state index in [1.165, 1.54) is 28.6 Å². The van der Waals surface area contributed by atoms with Crippen LogP contribution in [0.1, 0.15) is 30.2 Å². The predicted molar refractivity (Wildman–Crippen MR) is 112 cm³/mol. The maximum Gasteiger partial charge on any atom is 0.260 e. The number of para-hydroxylation sites is 1. The number of amides is 1. The quantitative estimate of drug-likeness (QED) is 0.532. The molecule has 0 saturated heterocycles. The summed E-state index contributed by atoms with van der Waals surface area (Å²) in [5.41, 5.74) is 1.94. The summed E-state index contributed by atoms with van der Waals surface area (Å²) in [7, 11) is 1.77. The Balaban J connectivity index is 1.58. The van der Waals surface area contributed by atoms with Crippen molar-refractivity contribution in [1.82, 2.24) is 9.97 Å². The van der Waals surface area contributed by atoms with Gasteiger partial charge in [0.15, 0.2) is 5.16 Å². The normalized spacial score (nSPS) is 14.7. The number of carbonyl (C=O) groups excluding carboxylic acids is 1. The molecule has 140 valence electrons. The van der Waals surface area contributed by atoms with Crippen molar-refractivity contribution in [2.24, 2.45) is 0 Å². The van der Waals surface area contributed by atoms with Crippen molar-refractivity contribution >= 4 is 44.9 Å². The van der Waals surface area contributed by atoms with E-state index in [1.54, 1.807) is 23.3 Å². The zero-order chi connectivity index (χ0) is 19.0. The molecule has 1 amide bonds. The Morgan fingerprint density at radius 3 is 2.78 bits per heavy atom. The van der Waals surface area contributed by atoms with Crippen molar-refractivity contribution in [2.45, 2.75) is 43.0 Å². The second-order valence-corrected chi connectivity index (χ2v) is 9.17. The minimum Gasteiger partial charge on any atom is -0.315 e. The summed E-state index contributed by atoms with van der Waals surface area (Å²) in [5, 5.41) is 0.901. The molecule has 27 heavy (non-hydrogen) atoms. The molecular formula is C20H21N3O2S2. The van der Waals surface area contributed by atoms with Crippen LogP contribution in [-0.2, 0) is 17.6 Å². The van der Waals surface area contributed by atoms with Crippen LogP contribution in [0.4, 0.5) is 5.69 Å². The standard InChI is InChI=1S/C20H21N3O2S2/c1-12(19(25)23(2)13-8-4-3-5-9-13)26-20-21-17(24)16-14-10-6-7-11-15(14)27-18(16)22-20/h3-5,8-9,12H,6-7,10-11H2,1-2H3,(H,21,22,24)/t12-/m0/s1. The Labute approximate surface area is 165 Å². The molecule has 0 radical (unpaired) electrons. The van der Waals surface area contributed by atoms with Crippen molar-refractivity contribution in [3.8, 4) is 0 Å². The average Bonchev–Trinajstić information content (AvgIpc) is 3.06. The van der Waals surface area contributed by atoms with Crippen molar-refractivity contribution < 1.29 is 4.79 Å². The molecule has 1 N–H and O–H groups in total. The van der Waals surface area contributed by atoms with E-state index in [9.17, 15) is 9.59 Å². The molecule has 2 aromatic heterocycles. The SMILES string of the molecule is C[C@H](Sc1nc2sc3c(c2c(=O)[nH]1)CCCC3)C(=O)N(C)c1ccccc1. The summed E-state index contributed by atoms with van der Waals surface area (Å²) in [6.07, 6.45) is 4.31. The van der Waals surface area contributed by atoms with Gasteiger partial charge in [-0.05, 0) is 50.3 Å². The van der Waals surface area contributed by atoms with E-state index >= 15 is 0 Å². The van der Waals surface area contributed by atoms with Crippen LogP contribution in [0.15, 0.2) is 40.3 Å². The largest absolute Gasteiger partial charge is 0.315 e. The number of fused-ring (bicyclic) bond motifs is 3. The summed E-state index contributed by atoms with van der Waals surface area (Å²) >= 11 is 2.93. The number of thioether (sulfide) groups is 1. The predicted octanol–water partition coefficient (Wildman–Crippen LogP) is 4.01. The van der Waals surface area contributed by atoms with Crippen molar-refractivity contribution in [3.05, 3.63) is 51.1 Å². The Kier molecular flexibility index (Phi) is 5.06. The molecule has 0 fully saturated rings. The van der Waals surface area contributed by atoms with Gasteiger partial charge in [-0.25, -0.2) is 4.98 Å². The highest BCUT2D eigenvalue weighted by Gasteiger charge is 2.23. The van der Waals surface area contributed by atoms with Crippen LogP contribution in [0.2, 0.25) is 0 Å². The molecule has 0 bridgehead atoms. The number of aromatic amines is 1. The fourth-order valence-electron chi connectivity index (χ4n) is 3.47. The van der Waals surface area contributed by atoms with Crippen LogP contribution in [0.25, 0.3) is 10.2 Å². The van der Waals surface area contributed by atoms with Crippen LogP contribution in [0.5, 0.6) is 0 Å². The summed E-state index contributed by atoms with van der Waals surface area (Å²) < 4.78 is 0. The monoisotopic (exact) mass is 399 g/mol. The minimum absolute atomic E-state index is 0.0283. The van der Waals surface area contributed by atoms with Gasteiger partial charge >= 0.3 is 0 Å². The fraction of sp³-hybridized carbons (Fsp3) is 0.350. The number of anilines is 1. The number of hydrogen-bond acceptors (Lipinski definition) is 5. The van der Waals surface area contributed by atoms with Gasteiger partial charge in [-0.15, -0.1) is 11.3 Å². The Bertz CT molecular complexity index is 1040. The van der Waals surface area contributed by atoms with E-state index in [1.807, 2.05) is 37.3 Å². The number of rotatable bonds is 4. The van der Waals surface area contributed by atoms with E-state index < -0.39 is 0 Å². The molecule has 2 heterocycles. The summed E-state index contributed by atoms with van der Waals surface area (Å²) in [6, 6.07) is 9.53. The van der Waals surface area contributed by atoms with E-state index in [2.05, 4.69) is 9.97 Å². The lowest BCUT2D eigenvalue weighted by Gasteiger charge is -2.20. The molecule has 1 aliphatic rings. The molecule has 1 aromatic carbocycles. The number of aryl methyl sites for hydroxylation is 2. The molecule has 7 heteroatoms. The molecule has 4 rings (SSSR count). The number of H-pyrrole nitrogens is 1. The maximum atomic E-state index is 12.7. The lowest BCUT2D eigenvalue weighted by atomic mass is 9.97. The third kappa shape index (κ3) is 3.53. The molecule has 0 aliphatic heterocycles. The van der Waals surface area contributed by atoms with Crippen LogP contribution in [-0.4, -0.2) is 28.2 Å². The summed E-state index contributed by atoms with van der Waals surface area (Å²) in [6.45, 7) is 1.84. The summed E-state index contributed by atoms with van der Waals surface area (Å²) in [5.74, 6) is -0.0283. The van der Waals surface area contributed by atoms with Gasteiger partial charge in [0.1, 0.15) is 4.83 Å². The smallest absolute Gasteiger partial charge is 0.260 e. The highest BCUT2D eigenvalue weighted by atomic mass is 32.2. The van der Waals surface area contributed by atoms with Gasteiger partial charge in [0.25, 0.3) is 5.56 Å². The minimum atomic E-state index is -0.356. The first-order valence-electron chi connectivity index (χ1n) is 9.08. The second-order valence-electron chi connectivity index (χ2n) is 6.76. The lowest BCUT2D eigenvalue weighted by molar-refractivity contribution is -0.117. The van der Waals surface area contributed by atoms with Gasteiger partial charge in [0.05, 0.1) is 10.6 Å². The maximum absolute atomic E-state index is 12.7. The first-order chi connectivity index (χ1) is 13.0. The van der Waals surface area contributed by atoms with E-state index in [-0.39, 0.29) is 16.7 Å². The molecule has 1 aliphatic carbocycles. The first kappa shape index (κ1) is 18.3. The molecule has 0 spiro atoms. The fourth-order valence-corrected chi connectivity index (χ4v) is 5.68. The zero-order valence-electron chi connectivity index (χ0n) is 15.3. The number of thiophene rings is 1. The van der Waals surface area contributed by atoms with Crippen LogP contribution < -0.4 is 10.5 Å². The van der Waals surface area contributed by atoms with Crippen molar-refractivity contribution in [3.63, 3.8) is 0 Å². The molecule has 1 atom stereocenters. The molecule has 0 unspecified atom stereocenters. The number of nitrogens with one attached hydrogen (secondary N) is 1. The molecule has 0 saturated carbocycles. The Hall–Kier alpha value is -2.12. The van der Waals surface area contributed by atoms with Gasteiger partial charge in [-0.3, -0.25) is 9.59 Å². The van der Waals surface area contributed by atoms with Gasteiger partial charge in [0, 0.05) is 17.6 Å². The van der Waals surface area contributed by atoms with E-state index in [4.69, 9.17) is 0 Å². The number of benzene rings is 1. The van der Waals surface area contributed by atoms with Crippen molar-refractivity contribution in [2.75, 3.05) is 11.9 Å². The second kappa shape index (κ2) is 7.48. The number of nitrogens with zero attached hydrogens (tertiary/aromatic N) is 2. The first-order valence-corrected chi connectivity index (χ1v) is 10.8. The Morgan fingerprint density at radius 2 is 2.00 bits per heavy atom. The number of hydrogen-bond donors (Lipinski definition) is 1. The van der Waals surface area contributed by atoms with E-state index in [0.717, 1.165) is 35.2 Å². The van der Waals surface area contributed by atoms with Crippen LogP contribution in [0.3, 0.4) is 0 Å². The average molecular weight is 400 g/mol. The summed E-state index contributed by atoms with van der Waals surface area (Å²) in [4.78, 5) is 36.6. The third-order valence-corrected chi connectivity index (χ3v) is 7.07. The topological polar surface area (TPSA) is 66.1 Å². The molecule has 3 aromatic rings. The van der Waals surface area contributed by atoms with Gasteiger partial charge in [0.2, 0.25) is 5.91 Å². The zero-order valence-corrected chi connectivity index (χ0v) is 17.0. The van der Waals surface area contributed by atoms with Crippen molar-refractivity contribution in [1.29, 1.82) is 0 Å². The highest BCUT2D eigenvalue weighted by Crippen LogP contribution is 2.34. The number of aromatic nitrogens is 2. The van der Waals surface area contributed by atoms with E-state index in [0.29, 0.717) is 5.16 Å². The molecule has 5 nitrogen and oxygen atoms in total. The highest BCUT2D eigenvalue weighted by molar-refractivity contribution is 8.00. The molecular weight excluding hydrogens is 378 g/mol. The Morgan fingerprint density at radius 1 is 1.26 bits per heavy atom. The van der Waals surface area contributed by atoms with Crippen LogP contribution >= 0.6 is 23.1 Å².